The highest BCUT2D eigenvalue weighted by Gasteiger charge is 2.45. The van der Waals surface area contributed by atoms with E-state index in [0.717, 1.165) is 11.3 Å². The SMILES string of the molecule is COC(=O)C1(NCc2cccs2)CCOc2ccccc21. The molecule has 1 aromatic carbocycles. The van der Waals surface area contributed by atoms with Gasteiger partial charge in [-0.15, -0.1) is 11.3 Å². The van der Waals surface area contributed by atoms with Gasteiger partial charge in [-0.3, -0.25) is 5.32 Å². The van der Waals surface area contributed by atoms with Crippen LogP contribution in [0, 0.1) is 0 Å². The van der Waals surface area contributed by atoms with Crippen molar-refractivity contribution in [3.8, 4) is 5.75 Å². The van der Waals surface area contributed by atoms with E-state index in [9.17, 15) is 4.79 Å². The Morgan fingerprint density at radius 2 is 2.24 bits per heavy atom. The van der Waals surface area contributed by atoms with Gasteiger partial charge in [0.1, 0.15) is 11.3 Å². The Balaban J connectivity index is 1.96. The number of methoxy groups -OCH3 is 1. The van der Waals surface area contributed by atoms with Crippen molar-refractivity contribution in [1.29, 1.82) is 0 Å². The van der Waals surface area contributed by atoms with Crippen LogP contribution in [0.15, 0.2) is 41.8 Å². The van der Waals surface area contributed by atoms with Gasteiger partial charge in [-0.1, -0.05) is 24.3 Å². The summed E-state index contributed by atoms with van der Waals surface area (Å²) in [4.78, 5) is 13.7. The molecule has 0 radical (unpaired) electrons. The molecule has 0 saturated carbocycles. The Morgan fingerprint density at radius 3 is 3.00 bits per heavy atom. The predicted molar refractivity (Wildman–Crippen MR) is 81.4 cm³/mol. The third-order valence-electron chi connectivity index (χ3n) is 3.76. The third-order valence-corrected chi connectivity index (χ3v) is 4.64. The lowest BCUT2D eigenvalue weighted by molar-refractivity contribution is -0.150. The molecule has 0 fully saturated rings. The largest absolute Gasteiger partial charge is 0.493 e. The molecule has 1 N–H and O–H groups in total. The van der Waals surface area contributed by atoms with Crippen molar-refractivity contribution in [2.75, 3.05) is 13.7 Å². The lowest BCUT2D eigenvalue weighted by Gasteiger charge is -2.37. The number of para-hydroxylation sites is 1. The molecule has 0 saturated heterocycles. The van der Waals surface area contributed by atoms with E-state index in [4.69, 9.17) is 9.47 Å². The Morgan fingerprint density at radius 1 is 1.38 bits per heavy atom. The minimum atomic E-state index is -0.840. The van der Waals surface area contributed by atoms with Crippen molar-refractivity contribution >= 4 is 17.3 Å². The van der Waals surface area contributed by atoms with Gasteiger partial charge in [0.05, 0.1) is 13.7 Å². The van der Waals surface area contributed by atoms with E-state index in [1.54, 1.807) is 11.3 Å². The van der Waals surface area contributed by atoms with Gasteiger partial charge in [0.25, 0.3) is 0 Å². The Bertz CT molecular complexity index is 626. The first kappa shape index (κ1) is 14.1. The summed E-state index contributed by atoms with van der Waals surface area (Å²) in [5.74, 6) is 0.475. The highest BCUT2D eigenvalue weighted by atomic mass is 32.1. The Kier molecular flexibility index (Phi) is 3.94. The van der Waals surface area contributed by atoms with Crippen LogP contribution in [0.2, 0.25) is 0 Å². The summed E-state index contributed by atoms with van der Waals surface area (Å²) in [6, 6.07) is 11.7. The average Bonchev–Trinajstić information content (AvgIpc) is 3.05. The van der Waals surface area contributed by atoms with Crippen molar-refractivity contribution in [1.82, 2.24) is 5.32 Å². The number of fused-ring (bicyclic) bond motifs is 1. The second kappa shape index (κ2) is 5.87. The molecule has 21 heavy (non-hydrogen) atoms. The molecule has 0 spiro atoms. The molecular weight excluding hydrogens is 286 g/mol. The molecule has 1 aliphatic heterocycles. The van der Waals surface area contributed by atoms with E-state index in [-0.39, 0.29) is 5.97 Å². The molecule has 3 rings (SSSR count). The fraction of sp³-hybridized carbons (Fsp3) is 0.312. The summed E-state index contributed by atoms with van der Waals surface area (Å²) in [5.41, 5.74) is 0.00720. The number of esters is 1. The topological polar surface area (TPSA) is 47.6 Å². The van der Waals surface area contributed by atoms with Gasteiger partial charge < -0.3 is 9.47 Å². The normalized spacial score (nSPS) is 20.4. The molecule has 1 aromatic heterocycles. The van der Waals surface area contributed by atoms with Crippen molar-refractivity contribution in [3.63, 3.8) is 0 Å². The standard InChI is InChI=1S/C16H17NO3S/c1-19-15(18)16(17-11-12-5-4-10-21-12)8-9-20-14-7-3-2-6-13(14)16/h2-7,10,17H,8-9,11H2,1H3. The van der Waals surface area contributed by atoms with Gasteiger partial charge in [-0.2, -0.15) is 0 Å². The number of ether oxygens (including phenoxy) is 2. The van der Waals surface area contributed by atoms with E-state index in [1.807, 2.05) is 41.8 Å². The van der Waals surface area contributed by atoms with E-state index >= 15 is 0 Å². The van der Waals surface area contributed by atoms with Crippen LogP contribution in [0.3, 0.4) is 0 Å². The molecule has 2 aromatic rings. The number of rotatable bonds is 4. The maximum Gasteiger partial charge on any atom is 0.331 e. The van der Waals surface area contributed by atoms with Gasteiger partial charge >= 0.3 is 5.97 Å². The zero-order chi connectivity index (χ0) is 14.7. The minimum Gasteiger partial charge on any atom is -0.493 e. The van der Waals surface area contributed by atoms with Crippen LogP contribution in [-0.4, -0.2) is 19.7 Å². The maximum absolute atomic E-state index is 12.5. The first-order valence-corrected chi connectivity index (χ1v) is 7.72. The monoisotopic (exact) mass is 303 g/mol. The lowest BCUT2D eigenvalue weighted by Crippen LogP contribution is -2.52. The van der Waals surface area contributed by atoms with E-state index in [2.05, 4.69) is 5.32 Å². The minimum absolute atomic E-state index is 0.269. The number of carbonyl (C=O) groups excluding carboxylic acids is 1. The molecule has 4 nitrogen and oxygen atoms in total. The van der Waals surface area contributed by atoms with Crippen molar-refractivity contribution in [2.45, 2.75) is 18.5 Å². The first-order valence-electron chi connectivity index (χ1n) is 6.84. The quantitative estimate of drug-likeness (QED) is 0.882. The molecule has 1 atom stereocenters. The lowest BCUT2D eigenvalue weighted by atomic mass is 9.84. The molecule has 5 heteroatoms. The van der Waals surface area contributed by atoms with Crippen LogP contribution < -0.4 is 10.1 Å². The first-order chi connectivity index (χ1) is 10.3. The van der Waals surface area contributed by atoms with Gasteiger partial charge in [0.15, 0.2) is 0 Å². The highest BCUT2D eigenvalue weighted by molar-refractivity contribution is 7.09. The molecule has 1 aliphatic rings. The van der Waals surface area contributed by atoms with Crippen molar-refractivity contribution in [2.24, 2.45) is 0 Å². The van der Waals surface area contributed by atoms with Gasteiger partial charge in [0, 0.05) is 23.4 Å². The van der Waals surface area contributed by atoms with Gasteiger partial charge in [-0.25, -0.2) is 4.79 Å². The van der Waals surface area contributed by atoms with Crippen molar-refractivity contribution in [3.05, 3.63) is 52.2 Å². The average molecular weight is 303 g/mol. The number of hydrogen-bond donors (Lipinski definition) is 1. The number of nitrogens with one attached hydrogen (secondary N) is 1. The Hall–Kier alpha value is -1.85. The molecule has 0 bridgehead atoms. The number of carbonyl (C=O) groups is 1. The molecular formula is C16H17NO3S. The van der Waals surface area contributed by atoms with Crippen LogP contribution in [0.5, 0.6) is 5.75 Å². The zero-order valence-electron chi connectivity index (χ0n) is 11.8. The molecule has 0 aliphatic carbocycles. The second-order valence-electron chi connectivity index (χ2n) is 4.92. The second-order valence-corrected chi connectivity index (χ2v) is 5.96. The van der Waals surface area contributed by atoms with Crippen LogP contribution in [-0.2, 0) is 21.6 Å². The summed E-state index contributed by atoms with van der Waals surface area (Å²) in [7, 11) is 1.43. The fourth-order valence-corrected chi connectivity index (χ4v) is 3.33. The van der Waals surface area contributed by atoms with Crippen LogP contribution >= 0.6 is 11.3 Å². The number of hydrogen-bond acceptors (Lipinski definition) is 5. The fourth-order valence-electron chi connectivity index (χ4n) is 2.69. The van der Waals surface area contributed by atoms with E-state index in [1.165, 1.54) is 12.0 Å². The van der Waals surface area contributed by atoms with E-state index < -0.39 is 5.54 Å². The molecule has 1 unspecified atom stereocenters. The van der Waals surface area contributed by atoms with E-state index in [0.29, 0.717) is 19.6 Å². The molecule has 110 valence electrons. The van der Waals surface area contributed by atoms with Crippen LogP contribution in [0.4, 0.5) is 0 Å². The van der Waals surface area contributed by atoms with Crippen LogP contribution in [0.25, 0.3) is 0 Å². The molecule has 0 amide bonds. The van der Waals surface area contributed by atoms with Gasteiger partial charge in [-0.05, 0) is 17.5 Å². The third kappa shape index (κ3) is 2.54. The number of thiophene rings is 1. The summed E-state index contributed by atoms with van der Waals surface area (Å²) in [6.07, 6.45) is 0.558. The van der Waals surface area contributed by atoms with Crippen LogP contribution in [0.1, 0.15) is 16.9 Å². The summed E-state index contributed by atoms with van der Waals surface area (Å²) < 4.78 is 10.7. The predicted octanol–water partition coefficient (Wildman–Crippen LogP) is 2.69. The van der Waals surface area contributed by atoms with Crippen molar-refractivity contribution < 1.29 is 14.3 Å². The molecule has 2 heterocycles. The summed E-state index contributed by atoms with van der Waals surface area (Å²) in [5, 5.41) is 5.43. The highest BCUT2D eigenvalue weighted by Crippen LogP contribution is 2.38. The smallest absolute Gasteiger partial charge is 0.331 e. The van der Waals surface area contributed by atoms with Gasteiger partial charge in [0.2, 0.25) is 0 Å². The zero-order valence-corrected chi connectivity index (χ0v) is 12.6. The summed E-state index contributed by atoms with van der Waals surface area (Å²) >= 11 is 1.66. The summed E-state index contributed by atoms with van der Waals surface area (Å²) in [6.45, 7) is 1.12. The maximum atomic E-state index is 12.5. The Labute approximate surface area is 127 Å². The number of benzene rings is 1.